The van der Waals surface area contributed by atoms with Gasteiger partial charge in [-0.2, -0.15) is 0 Å². The number of ether oxygens (including phenoxy) is 2. The maximum atomic E-state index is 13.5. The van der Waals surface area contributed by atoms with Crippen molar-refractivity contribution in [3.63, 3.8) is 0 Å². The van der Waals surface area contributed by atoms with Crippen molar-refractivity contribution in [1.29, 1.82) is 0 Å². The first-order valence-electron chi connectivity index (χ1n) is 10.7. The molecule has 0 bridgehead atoms. The highest BCUT2D eigenvalue weighted by molar-refractivity contribution is 7.93. The molecule has 0 radical (unpaired) electrons. The van der Waals surface area contributed by atoms with Gasteiger partial charge in [-0.25, -0.2) is 8.42 Å². The summed E-state index contributed by atoms with van der Waals surface area (Å²) in [5.41, 5.74) is 0.500. The number of carbonyl (C=O) groups is 1. The maximum absolute atomic E-state index is 13.5. The fourth-order valence-corrected chi connectivity index (χ4v) is 7.13. The molecule has 5 rings (SSSR count). The molecule has 164 valence electrons. The van der Waals surface area contributed by atoms with Crippen molar-refractivity contribution in [2.24, 2.45) is 0 Å². The first-order valence-corrected chi connectivity index (χ1v) is 12.5. The molecule has 6 nitrogen and oxygen atoms in total. The number of fused-ring (bicyclic) bond motifs is 1. The highest BCUT2D eigenvalue weighted by Crippen LogP contribution is 2.48. The van der Waals surface area contributed by atoms with Crippen LogP contribution in [-0.4, -0.2) is 24.9 Å². The number of rotatable bonds is 4. The lowest BCUT2D eigenvalue weighted by Gasteiger charge is -2.27. The predicted octanol–water partition coefficient (Wildman–Crippen LogP) is 5.11. The minimum absolute atomic E-state index is 0.114. The van der Waals surface area contributed by atoms with E-state index in [0.717, 1.165) is 25.7 Å². The van der Waals surface area contributed by atoms with Crippen LogP contribution in [0.25, 0.3) is 0 Å². The lowest BCUT2D eigenvalue weighted by molar-refractivity contribution is -0.118. The van der Waals surface area contributed by atoms with Gasteiger partial charge in [0.25, 0.3) is 5.79 Å². The summed E-state index contributed by atoms with van der Waals surface area (Å²) in [4.78, 5) is 13.5. The summed E-state index contributed by atoms with van der Waals surface area (Å²) in [6.45, 7) is 0. The molecule has 0 unspecified atom stereocenters. The standard InChI is InChI=1S/C23H24ClNO5S/c24-16-5-8-18(9-6-16)31(27,28)22(11-1-2-12-22)21(26)25-17-7-10-19-20(15-17)30-23(29-19)13-3-4-14-23/h5-10,15H,1-4,11-14H2,(H,25,26). The van der Waals surface area contributed by atoms with E-state index < -0.39 is 26.3 Å². The van der Waals surface area contributed by atoms with Crippen molar-refractivity contribution < 1.29 is 22.7 Å². The summed E-state index contributed by atoms with van der Waals surface area (Å²) in [5, 5.41) is 3.29. The summed E-state index contributed by atoms with van der Waals surface area (Å²) in [5.74, 6) is 0.148. The Balaban J connectivity index is 1.42. The van der Waals surface area contributed by atoms with Crippen molar-refractivity contribution in [2.45, 2.75) is 66.8 Å². The van der Waals surface area contributed by atoms with Crippen molar-refractivity contribution in [3.8, 4) is 11.5 Å². The second-order valence-electron chi connectivity index (χ2n) is 8.60. The van der Waals surface area contributed by atoms with Gasteiger partial charge in [0.05, 0.1) is 4.90 Å². The minimum Gasteiger partial charge on any atom is -0.448 e. The van der Waals surface area contributed by atoms with Gasteiger partial charge < -0.3 is 14.8 Å². The number of nitrogens with one attached hydrogen (secondary N) is 1. The molecule has 2 aromatic rings. The van der Waals surface area contributed by atoms with E-state index in [9.17, 15) is 13.2 Å². The SMILES string of the molecule is O=C(Nc1ccc2c(c1)OC1(CCCC1)O2)C1(S(=O)(=O)c2ccc(Cl)cc2)CCCC1. The van der Waals surface area contributed by atoms with Crippen LogP contribution in [0.1, 0.15) is 51.4 Å². The van der Waals surface area contributed by atoms with Gasteiger partial charge in [0.15, 0.2) is 26.1 Å². The molecular formula is C23H24ClNO5S. The summed E-state index contributed by atoms with van der Waals surface area (Å²) in [6.07, 6.45) is 5.74. The van der Waals surface area contributed by atoms with Gasteiger partial charge in [0.2, 0.25) is 5.91 Å². The number of sulfone groups is 1. The predicted molar refractivity (Wildman–Crippen MR) is 117 cm³/mol. The third-order valence-corrected chi connectivity index (χ3v) is 9.39. The topological polar surface area (TPSA) is 81.7 Å². The third-order valence-electron chi connectivity index (χ3n) is 6.62. The molecule has 1 spiro atoms. The Labute approximate surface area is 186 Å². The molecule has 8 heteroatoms. The van der Waals surface area contributed by atoms with Crippen LogP contribution >= 0.6 is 11.6 Å². The largest absolute Gasteiger partial charge is 0.448 e. The molecule has 2 saturated carbocycles. The van der Waals surface area contributed by atoms with Crippen molar-refractivity contribution >= 4 is 33.0 Å². The summed E-state index contributed by atoms with van der Waals surface area (Å²) < 4.78 is 37.6. The van der Waals surface area contributed by atoms with Crippen molar-refractivity contribution in [3.05, 3.63) is 47.5 Å². The first kappa shape index (κ1) is 20.6. The first-order chi connectivity index (χ1) is 14.8. The zero-order valence-electron chi connectivity index (χ0n) is 17.0. The van der Waals surface area contributed by atoms with E-state index in [2.05, 4.69) is 5.32 Å². The lowest BCUT2D eigenvalue weighted by Crippen LogP contribution is -2.47. The molecule has 1 aliphatic heterocycles. The zero-order valence-corrected chi connectivity index (χ0v) is 18.6. The van der Waals surface area contributed by atoms with E-state index in [4.69, 9.17) is 21.1 Å². The fourth-order valence-electron chi connectivity index (χ4n) is 4.94. The Morgan fingerprint density at radius 3 is 2.16 bits per heavy atom. The van der Waals surface area contributed by atoms with Gasteiger partial charge >= 0.3 is 0 Å². The van der Waals surface area contributed by atoms with Crippen LogP contribution in [0.3, 0.4) is 0 Å². The van der Waals surface area contributed by atoms with Crippen LogP contribution in [0.15, 0.2) is 47.4 Å². The molecule has 2 fully saturated rings. The number of hydrogen-bond acceptors (Lipinski definition) is 5. The monoisotopic (exact) mass is 461 g/mol. The van der Waals surface area contributed by atoms with Crippen LogP contribution in [0.5, 0.6) is 11.5 Å². The van der Waals surface area contributed by atoms with Crippen molar-refractivity contribution in [2.75, 3.05) is 5.32 Å². The smallest absolute Gasteiger partial charge is 0.251 e. The van der Waals surface area contributed by atoms with E-state index in [1.54, 1.807) is 18.2 Å². The Kier molecular flexibility index (Phi) is 4.94. The lowest BCUT2D eigenvalue weighted by atomic mass is 10.1. The Hall–Kier alpha value is -2.25. The van der Waals surface area contributed by atoms with Crippen LogP contribution in [0.2, 0.25) is 5.02 Å². The molecule has 1 N–H and O–H groups in total. The second kappa shape index (κ2) is 7.41. The van der Waals surface area contributed by atoms with E-state index in [0.29, 0.717) is 35.1 Å². The second-order valence-corrected chi connectivity index (χ2v) is 11.3. The van der Waals surface area contributed by atoms with Crippen LogP contribution < -0.4 is 14.8 Å². The summed E-state index contributed by atoms with van der Waals surface area (Å²) >= 11 is 5.92. The fraction of sp³-hybridized carbons (Fsp3) is 0.435. The number of halogens is 1. The molecule has 2 aromatic carbocycles. The van der Waals surface area contributed by atoms with Crippen LogP contribution in [0.4, 0.5) is 5.69 Å². The Morgan fingerprint density at radius 2 is 1.48 bits per heavy atom. The van der Waals surface area contributed by atoms with Gasteiger partial charge in [-0.05, 0) is 62.1 Å². The minimum atomic E-state index is -3.89. The molecule has 0 saturated heterocycles. The van der Waals surface area contributed by atoms with Crippen LogP contribution in [0, 0.1) is 0 Å². The number of amides is 1. The molecule has 1 heterocycles. The van der Waals surface area contributed by atoms with Crippen LogP contribution in [-0.2, 0) is 14.6 Å². The summed E-state index contributed by atoms with van der Waals surface area (Å²) in [7, 11) is -3.89. The Morgan fingerprint density at radius 1 is 0.871 bits per heavy atom. The highest BCUT2D eigenvalue weighted by Gasteiger charge is 2.53. The molecule has 2 aliphatic carbocycles. The zero-order chi connectivity index (χ0) is 21.7. The van der Waals surface area contributed by atoms with E-state index >= 15 is 0 Å². The number of carbonyl (C=O) groups excluding carboxylic acids is 1. The molecule has 0 atom stereocenters. The third kappa shape index (κ3) is 3.38. The normalized spacial score (nSPS) is 20.8. The molecule has 1 amide bonds. The number of hydrogen-bond donors (Lipinski definition) is 1. The molecule has 31 heavy (non-hydrogen) atoms. The number of benzene rings is 2. The summed E-state index contributed by atoms with van der Waals surface area (Å²) in [6, 6.07) is 11.2. The average molecular weight is 462 g/mol. The van der Waals surface area contributed by atoms with Gasteiger partial charge in [0, 0.05) is 29.6 Å². The average Bonchev–Trinajstić information content (AvgIpc) is 3.48. The highest BCUT2D eigenvalue weighted by atomic mass is 35.5. The molecule has 3 aliphatic rings. The quantitative estimate of drug-likeness (QED) is 0.684. The molecule has 0 aromatic heterocycles. The van der Waals surface area contributed by atoms with E-state index in [1.165, 1.54) is 24.3 Å². The molecular weight excluding hydrogens is 438 g/mol. The number of anilines is 1. The van der Waals surface area contributed by atoms with Gasteiger partial charge in [-0.1, -0.05) is 24.4 Å². The van der Waals surface area contributed by atoms with Crippen molar-refractivity contribution in [1.82, 2.24) is 0 Å². The van der Waals surface area contributed by atoms with E-state index in [-0.39, 0.29) is 17.7 Å². The maximum Gasteiger partial charge on any atom is 0.251 e. The Bertz CT molecular complexity index is 1120. The van der Waals surface area contributed by atoms with Gasteiger partial charge in [-0.15, -0.1) is 0 Å². The van der Waals surface area contributed by atoms with Gasteiger partial charge in [-0.3, -0.25) is 4.79 Å². The van der Waals surface area contributed by atoms with Gasteiger partial charge in [0.1, 0.15) is 0 Å². The van der Waals surface area contributed by atoms with E-state index in [1.807, 2.05) is 0 Å².